The van der Waals surface area contributed by atoms with Crippen molar-refractivity contribution >= 4 is 24.3 Å². The van der Waals surface area contributed by atoms with Crippen LogP contribution in [0.5, 0.6) is 0 Å². The molecule has 2 atom stereocenters. The van der Waals surface area contributed by atoms with Gasteiger partial charge in [0.15, 0.2) is 0 Å². The fourth-order valence-electron chi connectivity index (χ4n) is 2.09. The minimum absolute atomic E-state index is 0. The fraction of sp³-hybridized carbons (Fsp3) is 0.833. The van der Waals surface area contributed by atoms with E-state index in [2.05, 4.69) is 15.4 Å². The first kappa shape index (κ1) is 18.1. The number of ether oxygens (including phenoxy) is 1. The second-order valence-corrected chi connectivity index (χ2v) is 4.68. The summed E-state index contributed by atoms with van der Waals surface area (Å²) in [5.41, 5.74) is 5.61. The normalized spacial score (nSPS) is 22.6. The fourth-order valence-corrected chi connectivity index (χ4v) is 2.09. The van der Waals surface area contributed by atoms with Crippen molar-refractivity contribution in [3.8, 4) is 0 Å². The molecule has 19 heavy (non-hydrogen) atoms. The van der Waals surface area contributed by atoms with Gasteiger partial charge in [0.2, 0.25) is 5.91 Å². The summed E-state index contributed by atoms with van der Waals surface area (Å²) in [5, 5.41) is 5.91. The highest BCUT2D eigenvalue weighted by atomic mass is 35.5. The highest BCUT2D eigenvalue weighted by Gasteiger charge is 2.22. The van der Waals surface area contributed by atoms with Crippen molar-refractivity contribution < 1.29 is 14.3 Å². The Morgan fingerprint density at radius 2 is 2.26 bits per heavy atom. The standard InChI is InChI=1S/C8H16N2O2.C4H7NO.ClH/c1-12-8(11)7(9)4-6-2-3-10-5-6;6-4-2-1-3-5-4;/h6-7,10H,2-5,9H2,1H3;1-3H2,(H,5,6);1H. The monoisotopic (exact) mass is 293 g/mol. The molecule has 2 aliphatic heterocycles. The third-order valence-corrected chi connectivity index (χ3v) is 3.16. The smallest absolute Gasteiger partial charge is 0.322 e. The zero-order valence-corrected chi connectivity index (χ0v) is 12.1. The summed E-state index contributed by atoms with van der Waals surface area (Å²) in [4.78, 5) is 21.1. The number of carbonyl (C=O) groups is 2. The van der Waals surface area contributed by atoms with Crippen LogP contribution in [0.2, 0.25) is 0 Å². The molecule has 0 aromatic heterocycles. The molecule has 0 spiro atoms. The Kier molecular flexibility index (Phi) is 9.55. The zero-order valence-electron chi connectivity index (χ0n) is 11.3. The minimum atomic E-state index is -0.445. The number of methoxy groups -OCH3 is 1. The molecule has 6 nitrogen and oxygen atoms in total. The molecule has 4 N–H and O–H groups in total. The van der Waals surface area contributed by atoms with Crippen molar-refractivity contribution in [2.24, 2.45) is 11.7 Å². The van der Waals surface area contributed by atoms with Crippen LogP contribution in [0.15, 0.2) is 0 Å². The van der Waals surface area contributed by atoms with Crippen LogP contribution >= 0.6 is 12.4 Å². The van der Waals surface area contributed by atoms with Crippen LogP contribution in [0.25, 0.3) is 0 Å². The Bertz CT molecular complexity index is 275. The highest BCUT2D eigenvalue weighted by Crippen LogP contribution is 2.13. The van der Waals surface area contributed by atoms with Crippen LogP contribution in [-0.4, -0.2) is 44.7 Å². The van der Waals surface area contributed by atoms with Crippen molar-refractivity contribution in [3.63, 3.8) is 0 Å². The molecular weight excluding hydrogens is 270 g/mol. The molecule has 0 aromatic rings. The van der Waals surface area contributed by atoms with Gasteiger partial charge in [-0.15, -0.1) is 12.4 Å². The van der Waals surface area contributed by atoms with E-state index in [4.69, 9.17) is 5.73 Å². The van der Waals surface area contributed by atoms with Crippen molar-refractivity contribution in [1.82, 2.24) is 10.6 Å². The van der Waals surface area contributed by atoms with Gasteiger partial charge in [0, 0.05) is 13.0 Å². The van der Waals surface area contributed by atoms with Crippen LogP contribution in [-0.2, 0) is 14.3 Å². The lowest BCUT2D eigenvalue weighted by Crippen LogP contribution is -2.34. The van der Waals surface area contributed by atoms with Gasteiger partial charge in [0.25, 0.3) is 0 Å². The van der Waals surface area contributed by atoms with Crippen LogP contribution in [0.4, 0.5) is 0 Å². The van der Waals surface area contributed by atoms with Gasteiger partial charge in [0.05, 0.1) is 7.11 Å². The Morgan fingerprint density at radius 1 is 1.53 bits per heavy atom. The number of hydrogen-bond acceptors (Lipinski definition) is 5. The van der Waals surface area contributed by atoms with E-state index in [9.17, 15) is 9.59 Å². The van der Waals surface area contributed by atoms with Crippen molar-refractivity contribution in [1.29, 1.82) is 0 Å². The number of esters is 1. The van der Waals surface area contributed by atoms with Gasteiger partial charge in [-0.25, -0.2) is 0 Å². The van der Waals surface area contributed by atoms with Crippen LogP contribution in [0.3, 0.4) is 0 Å². The second kappa shape index (κ2) is 10.00. The molecule has 7 heteroatoms. The molecule has 0 aliphatic carbocycles. The number of rotatable bonds is 3. The maximum absolute atomic E-state index is 10.9. The molecule has 0 aromatic carbocycles. The topological polar surface area (TPSA) is 93.4 Å². The average molecular weight is 294 g/mol. The van der Waals surface area contributed by atoms with Gasteiger partial charge in [-0.05, 0) is 38.3 Å². The maximum Gasteiger partial charge on any atom is 0.322 e. The lowest BCUT2D eigenvalue weighted by Gasteiger charge is -2.12. The van der Waals surface area contributed by atoms with Gasteiger partial charge < -0.3 is 21.1 Å². The van der Waals surface area contributed by atoms with Crippen LogP contribution in [0, 0.1) is 5.92 Å². The van der Waals surface area contributed by atoms with Gasteiger partial charge in [-0.2, -0.15) is 0 Å². The predicted octanol–water partition coefficient (Wildman–Crippen LogP) is -0.195. The highest BCUT2D eigenvalue weighted by molar-refractivity contribution is 5.85. The number of amides is 1. The summed E-state index contributed by atoms with van der Waals surface area (Å²) in [6.07, 6.45) is 3.61. The molecule has 2 aliphatic rings. The van der Waals surface area contributed by atoms with E-state index in [0.717, 1.165) is 45.3 Å². The average Bonchev–Trinajstić information content (AvgIpc) is 3.02. The number of carbonyl (C=O) groups excluding carboxylic acids is 2. The van der Waals surface area contributed by atoms with Gasteiger partial charge in [-0.3, -0.25) is 9.59 Å². The molecule has 2 fully saturated rings. The molecule has 0 radical (unpaired) electrons. The number of nitrogens with one attached hydrogen (secondary N) is 2. The second-order valence-electron chi connectivity index (χ2n) is 4.68. The van der Waals surface area contributed by atoms with Crippen molar-refractivity contribution in [2.75, 3.05) is 26.7 Å². The summed E-state index contributed by atoms with van der Waals surface area (Å²) in [6.45, 7) is 2.90. The quantitative estimate of drug-likeness (QED) is 0.627. The van der Waals surface area contributed by atoms with Crippen molar-refractivity contribution in [2.45, 2.75) is 31.7 Å². The number of hydrogen-bond donors (Lipinski definition) is 3. The molecule has 2 heterocycles. The van der Waals surface area contributed by atoms with Gasteiger partial charge in [0.1, 0.15) is 6.04 Å². The molecule has 0 saturated carbocycles. The van der Waals surface area contributed by atoms with Gasteiger partial charge >= 0.3 is 5.97 Å². The number of halogens is 1. The van der Waals surface area contributed by atoms with E-state index in [1.54, 1.807) is 0 Å². The van der Waals surface area contributed by atoms with Crippen LogP contribution < -0.4 is 16.4 Å². The third-order valence-electron chi connectivity index (χ3n) is 3.16. The third kappa shape index (κ3) is 7.34. The Labute approximate surface area is 120 Å². The molecule has 0 bridgehead atoms. The summed E-state index contributed by atoms with van der Waals surface area (Å²) in [7, 11) is 1.37. The van der Waals surface area contributed by atoms with E-state index in [0.29, 0.717) is 5.92 Å². The first-order valence-electron chi connectivity index (χ1n) is 6.44. The predicted molar refractivity (Wildman–Crippen MR) is 75.1 cm³/mol. The first-order valence-corrected chi connectivity index (χ1v) is 6.44. The van der Waals surface area contributed by atoms with E-state index >= 15 is 0 Å². The Hall–Kier alpha value is -0.850. The van der Waals surface area contributed by atoms with E-state index < -0.39 is 6.04 Å². The first-order chi connectivity index (χ1) is 8.63. The molecule has 112 valence electrons. The van der Waals surface area contributed by atoms with E-state index in [1.165, 1.54) is 7.11 Å². The zero-order chi connectivity index (χ0) is 13.4. The summed E-state index contributed by atoms with van der Waals surface area (Å²) >= 11 is 0. The van der Waals surface area contributed by atoms with Gasteiger partial charge in [-0.1, -0.05) is 0 Å². The lowest BCUT2D eigenvalue weighted by atomic mass is 10.00. The molecular formula is C12H24ClN3O3. The minimum Gasteiger partial charge on any atom is -0.468 e. The molecule has 1 amide bonds. The lowest BCUT2D eigenvalue weighted by molar-refractivity contribution is -0.142. The SMILES string of the molecule is COC(=O)C(N)CC1CCNC1.Cl.O=C1CCCN1. The summed E-state index contributed by atoms with van der Waals surface area (Å²) < 4.78 is 4.54. The number of nitrogens with two attached hydrogens (primary N) is 1. The molecule has 2 unspecified atom stereocenters. The molecule has 2 rings (SSSR count). The largest absolute Gasteiger partial charge is 0.468 e. The van der Waals surface area contributed by atoms with E-state index in [1.807, 2.05) is 0 Å². The maximum atomic E-state index is 10.9. The molecule has 2 saturated heterocycles. The van der Waals surface area contributed by atoms with Crippen LogP contribution in [0.1, 0.15) is 25.7 Å². The van der Waals surface area contributed by atoms with E-state index in [-0.39, 0.29) is 24.3 Å². The Balaban J connectivity index is 0.000000392. The Morgan fingerprint density at radius 3 is 2.63 bits per heavy atom. The van der Waals surface area contributed by atoms with Crippen molar-refractivity contribution in [3.05, 3.63) is 0 Å². The summed E-state index contributed by atoms with van der Waals surface area (Å²) in [5.74, 6) is 0.441. The summed E-state index contributed by atoms with van der Waals surface area (Å²) in [6, 6.07) is -0.445.